The maximum atomic E-state index is 12.5. The van der Waals surface area contributed by atoms with E-state index in [0.717, 1.165) is 32.2 Å². The summed E-state index contributed by atoms with van der Waals surface area (Å²) < 4.78 is 5.57. The van der Waals surface area contributed by atoms with E-state index in [1.54, 1.807) is 0 Å². The topological polar surface area (TPSA) is 55.6 Å². The second kappa shape index (κ2) is 5.92. The molecule has 1 aliphatic heterocycles. The van der Waals surface area contributed by atoms with Crippen LogP contribution in [0.15, 0.2) is 0 Å². The van der Waals surface area contributed by atoms with Crippen molar-refractivity contribution in [1.82, 2.24) is 4.90 Å². The first kappa shape index (κ1) is 15.6. The van der Waals surface area contributed by atoms with Gasteiger partial charge in [0.05, 0.1) is 6.04 Å². The van der Waals surface area contributed by atoms with Crippen LogP contribution >= 0.6 is 0 Å². The number of amides is 1. The van der Waals surface area contributed by atoms with Crippen LogP contribution in [0.1, 0.15) is 72.1 Å². The van der Waals surface area contributed by atoms with Gasteiger partial charge in [-0.1, -0.05) is 19.3 Å². The van der Waals surface area contributed by atoms with E-state index in [2.05, 4.69) is 0 Å². The average molecular weight is 282 g/mol. The monoisotopic (exact) mass is 282 g/mol. The molecule has 1 heterocycles. The summed E-state index contributed by atoms with van der Waals surface area (Å²) in [4.78, 5) is 14.4. The second-order valence-electron chi connectivity index (χ2n) is 7.48. The Balaban J connectivity index is 2.10. The lowest BCUT2D eigenvalue weighted by Gasteiger charge is -2.48. The molecule has 1 saturated carbocycles. The summed E-state index contributed by atoms with van der Waals surface area (Å²) in [6, 6.07) is 0.159. The number of nitrogens with zero attached hydrogens (tertiary/aromatic N) is 1. The molecule has 0 radical (unpaired) electrons. The minimum Gasteiger partial charge on any atom is -0.444 e. The Kier molecular flexibility index (Phi) is 4.62. The van der Waals surface area contributed by atoms with Crippen molar-refractivity contribution in [1.29, 1.82) is 0 Å². The summed E-state index contributed by atoms with van der Waals surface area (Å²) in [6.45, 7) is 6.55. The minimum absolute atomic E-state index is 0.159. The molecule has 1 aliphatic carbocycles. The maximum Gasteiger partial charge on any atom is 0.410 e. The van der Waals surface area contributed by atoms with Gasteiger partial charge in [0.15, 0.2) is 0 Å². The predicted octanol–water partition coefficient (Wildman–Crippen LogP) is 3.44. The number of ether oxygens (including phenoxy) is 1. The molecule has 0 aromatic rings. The van der Waals surface area contributed by atoms with E-state index in [1.807, 2.05) is 25.7 Å². The van der Waals surface area contributed by atoms with E-state index in [-0.39, 0.29) is 17.7 Å². The number of carbonyl (C=O) groups is 1. The summed E-state index contributed by atoms with van der Waals surface area (Å²) in [7, 11) is 0. The Hall–Kier alpha value is -0.770. The average Bonchev–Trinajstić information content (AvgIpc) is 2.38. The molecule has 2 rings (SSSR count). The van der Waals surface area contributed by atoms with Crippen molar-refractivity contribution in [3.63, 3.8) is 0 Å². The number of nitrogens with two attached hydrogens (primary N) is 1. The molecule has 0 bridgehead atoms. The molecule has 0 aromatic heterocycles. The normalized spacial score (nSPS) is 27.2. The van der Waals surface area contributed by atoms with E-state index < -0.39 is 5.60 Å². The summed E-state index contributed by atoms with van der Waals surface area (Å²) in [6.07, 6.45) is 8.80. The Labute approximate surface area is 123 Å². The quantitative estimate of drug-likeness (QED) is 0.801. The first-order valence-electron chi connectivity index (χ1n) is 8.10. The van der Waals surface area contributed by atoms with Gasteiger partial charge in [-0.2, -0.15) is 0 Å². The maximum absolute atomic E-state index is 12.5. The molecule has 1 saturated heterocycles. The van der Waals surface area contributed by atoms with Crippen LogP contribution in [-0.2, 0) is 4.74 Å². The Morgan fingerprint density at radius 1 is 1.15 bits per heavy atom. The van der Waals surface area contributed by atoms with Crippen LogP contribution in [0, 0.1) is 0 Å². The van der Waals surface area contributed by atoms with E-state index in [4.69, 9.17) is 10.5 Å². The molecule has 1 amide bonds. The summed E-state index contributed by atoms with van der Waals surface area (Å²) in [5.41, 5.74) is 6.04. The van der Waals surface area contributed by atoms with Crippen molar-refractivity contribution in [2.75, 3.05) is 6.54 Å². The molecule has 1 atom stereocenters. The van der Waals surface area contributed by atoms with Crippen LogP contribution in [-0.4, -0.2) is 34.7 Å². The molecule has 0 spiro atoms. The lowest BCUT2D eigenvalue weighted by Crippen LogP contribution is -2.62. The number of piperidine rings is 1. The third kappa shape index (κ3) is 3.66. The van der Waals surface area contributed by atoms with Gasteiger partial charge in [-0.3, -0.25) is 0 Å². The van der Waals surface area contributed by atoms with Gasteiger partial charge in [0.25, 0.3) is 0 Å². The van der Waals surface area contributed by atoms with Gasteiger partial charge < -0.3 is 15.4 Å². The zero-order valence-corrected chi connectivity index (χ0v) is 13.3. The molecule has 20 heavy (non-hydrogen) atoms. The van der Waals surface area contributed by atoms with Crippen LogP contribution in [0.4, 0.5) is 4.79 Å². The third-order valence-electron chi connectivity index (χ3n) is 4.58. The smallest absolute Gasteiger partial charge is 0.410 e. The van der Waals surface area contributed by atoms with Gasteiger partial charge in [-0.05, 0) is 52.9 Å². The highest BCUT2D eigenvalue weighted by atomic mass is 16.6. The van der Waals surface area contributed by atoms with Crippen LogP contribution in [0.5, 0.6) is 0 Å². The number of likely N-dealkylation sites (tertiary alicyclic amines) is 1. The number of rotatable bonds is 1. The number of hydrogen-bond donors (Lipinski definition) is 1. The fourth-order valence-electron chi connectivity index (χ4n) is 3.61. The Morgan fingerprint density at radius 3 is 2.40 bits per heavy atom. The first-order valence-corrected chi connectivity index (χ1v) is 8.10. The fraction of sp³-hybridized carbons (Fsp3) is 0.938. The molecule has 2 fully saturated rings. The highest BCUT2D eigenvalue weighted by Gasteiger charge is 2.43. The van der Waals surface area contributed by atoms with Crippen molar-refractivity contribution in [2.45, 2.75) is 89.3 Å². The van der Waals surface area contributed by atoms with Crippen molar-refractivity contribution < 1.29 is 9.53 Å². The second-order valence-corrected chi connectivity index (χ2v) is 7.48. The van der Waals surface area contributed by atoms with Crippen LogP contribution in [0.3, 0.4) is 0 Å². The van der Waals surface area contributed by atoms with E-state index in [0.29, 0.717) is 0 Å². The summed E-state index contributed by atoms with van der Waals surface area (Å²) in [5, 5.41) is 0. The third-order valence-corrected chi connectivity index (χ3v) is 4.58. The van der Waals surface area contributed by atoms with Crippen LogP contribution < -0.4 is 5.73 Å². The van der Waals surface area contributed by atoms with E-state index in [9.17, 15) is 4.79 Å². The molecule has 0 aromatic carbocycles. The lowest BCUT2D eigenvalue weighted by molar-refractivity contribution is -0.00661. The van der Waals surface area contributed by atoms with Gasteiger partial charge in [0, 0.05) is 12.1 Å². The van der Waals surface area contributed by atoms with Gasteiger partial charge in [-0.15, -0.1) is 0 Å². The van der Waals surface area contributed by atoms with E-state index in [1.165, 1.54) is 25.7 Å². The van der Waals surface area contributed by atoms with Crippen LogP contribution in [0.2, 0.25) is 0 Å². The zero-order valence-electron chi connectivity index (χ0n) is 13.3. The minimum atomic E-state index is -0.437. The van der Waals surface area contributed by atoms with Crippen molar-refractivity contribution in [3.8, 4) is 0 Å². The van der Waals surface area contributed by atoms with Gasteiger partial charge in [0.1, 0.15) is 5.60 Å². The molecule has 116 valence electrons. The van der Waals surface area contributed by atoms with Gasteiger partial charge in [-0.25, -0.2) is 4.79 Å². The molecule has 2 aliphatic rings. The molecular weight excluding hydrogens is 252 g/mol. The molecule has 2 N–H and O–H groups in total. The highest BCUT2D eigenvalue weighted by Crippen LogP contribution is 2.36. The highest BCUT2D eigenvalue weighted by molar-refractivity contribution is 5.69. The Morgan fingerprint density at radius 2 is 1.80 bits per heavy atom. The molecule has 4 nitrogen and oxygen atoms in total. The molecule has 1 unspecified atom stereocenters. The van der Waals surface area contributed by atoms with Gasteiger partial charge >= 0.3 is 6.09 Å². The van der Waals surface area contributed by atoms with Crippen molar-refractivity contribution in [2.24, 2.45) is 5.73 Å². The SMILES string of the molecule is CC(C)(C)OC(=O)N1CCCCC1C1(N)CCCCC1. The van der Waals surface area contributed by atoms with Crippen LogP contribution in [0.25, 0.3) is 0 Å². The molecule has 4 heteroatoms. The van der Waals surface area contributed by atoms with Crippen molar-refractivity contribution in [3.05, 3.63) is 0 Å². The van der Waals surface area contributed by atoms with E-state index >= 15 is 0 Å². The lowest BCUT2D eigenvalue weighted by atomic mass is 9.74. The first-order chi connectivity index (χ1) is 9.32. The Bertz CT molecular complexity index is 343. The largest absolute Gasteiger partial charge is 0.444 e. The number of carbonyl (C=O) groups excluding carboxylic acids is 1. The van der Waals surface area contributed by atoms with Crippen molar-refractivity contribution >= 4 is 6.09 Å². The predicted molar refractivity (Wildman–Crippen MR) is 80.6 cm³/mol. The zero-order chi connectivity index (χ0) is 14.8. The van der Waals surface area contributed by atoms with Gasteiger partial charge in [0.2, 0.25) is 0 Å². The number of hydrogen-bond acceptors (Lipinski definition) is 3. The summed E-state index contributed by atoms with van der Waals surface area (Å²) >= 11 is 0. The summed E-state index contributed by atoms with van der Waals surface area (Å²) in [5.74, 6) is 0. The molecular formula is C16H30N2O2. The standard InChI is InChI=1S/C16H30N2O2/c1-15(2,3)20-14(19)18-12-8-5-9-13(18)16(17)10-6-4-7-11-16/h13H,4-12,17H2,1-3H3. The fourth-order valence-corrected chi connectivity index (χ4v) is 3.61.